The smallest absolute Gasteiger partial charge is 0.253 e. The van der Waals surface area contributed by atoms with E-state index in [1.54, 1.807) is 7.05 Å². The third-order valence-electron chi connectivity index (χ3n) is 1.89. The van der Waals surface area contributed by atoms with E-state index in [0.29, 0.717) is 17.9 Å². The molecule has 0 aliphatic rings. The summed E-state index contributed by atoms with van der Waals surface area (Å²) in [6, 6.07) is 0. The van der Waals surface area contributed by atoms with Gasteiger partial charge in [-0.15, -0.1) is 4.40 Å². The predicted octanol–water partition coefficient (Wildman–Crippen LogP) is 0.937. The molecule has 0 radical (unpaired) electrons. The Hall–Kier alpha value is -0.780. The number of rotatable bonds is 4. The van der Waals surface area contributed by atoms with Gasteiger partial charge in [0, 0.05) is 13.6 Å². The third kappa shape index (κ3) is 9.76. The molecule has 0 aromatic rings. The lowest BCUT2D eigenvalue weighted by Gasteiger charge is -2.18. The molecule has 0 saturated carbocycles. The van der Waals surface area contributed by atoms with Gasteiger partial charge in [0.05, 0.1) is 6.26 Å². The lowest BCUT2D eigenvalue weighted by molar-refractivity contribution is 0.365. The normalized spacial score (nSPS) is 13.7. The zero-order valence-electron chi connectivity index (χ0n) is 10.8. The fourth-order valence-corrected chi connectivity index (χ4v) is 1.65. The minimum Gasteiger partial charge on any atom is -0.359 e. The van der Waals surface area contributed by atoms with Gasteiger partial charge in [0.1, 0.15) is 0 Å². The van der Waals surface area contributed by atoms with Crippen LogP contribution < -0.4 is 10.6 Å². The fraction of sp³-hybridized carbons (Fsp3) is 0.900. The number of nitrogens with one attached hydrogen (secondary N) is 2. The van der Waals surface area contributed by atoms with Gasteiger partial charge in [-0.05, 0) is 18.3 Å². The van der Waals surface area contributed by atoms with Crippen molar-refractivity contribution in [2.24, 2.45) is 9.81 Å². The summed E-state index contributed by atoms with van der Waals surface area (Å²) >= 11 is 0. The molecular formula is C10H23N3O2S. The molecule has 0 aliphatic carbocycles. The third-order valence-corrected chi connectivity index (χ3v) is 2.40. The largest absolute Gasteiger partial charge is 0.359 e. The first-order chi connectivity index (χ1) is 7.14. The van der Waals surface area contributed by atoms with Gasteiger partial charge in [0.25, 0.3) is 10.0 Å². The van der Waals surface area contributed by atoms with Crippen LogP contribution in [0, 0.1) is 5.41 Å². The van der Waals surface area contributed by atoms with Crippen molar-refractivity contribution in [1.82, 2.24) is 10.6 Å². The van der Waals surface area contributed by atoms with E-state index in [1.807, 2.05) is 0 Å². The first kappa shape index (κ1) is 15.2. The van der Waals surface area contributed by atoms with Crippen LogP contribution in [0.5, 0.6) is 0 Å². The van der Waals surface area contributed by atoms with Crippen LogP contribution in [0.3, 0.4) is 0 Å². The molecule has 6 heteroatoms. The molecule has 0 atom stereocenters. The topological polar surface area (TPSA) is 70.6 Å². The maximum absolute atomic E-state index is 10.9. The van der Waals surface area contributed by atoms with Gasteiger partial charge >= 0.3 is 0 Å². The van der Waals surface area contributed by atoms with Gasteiger partial charge in [0.15, 0.2) is 0 Å². The van der Waals surface area contributed by atoms with Crippen LogP contribution in [0.2, 0.25) is 0 Å². The zero-order valence-corrected chi connectivity index (χ0v) is 11.6. The summed E-state index contributed by atoms with van der Waals surface area (Å²) in [6.07, 6.45) is 3.13. The molecule has 0 bridgehead atoms. The molecule has 2 N–H and O–H groups in total. The molecule has 0 aliphatic heterocycles. The Kier molecular flexibility index (Phi) is 5.78. The van der Waals surface area contributed by atoms with Crippen molar-refractivity contribution < 1.29 is 8.42 Å². The average Bonchev–Trinajstić information content (AvgIpc) is 2.06. The second-order valence-corrected chi connectivity index (χ2v) is 6.66. The summed E-state index contributed by atoms with van der Waals surface area (Å²) in [5.74, 6) is 0.302. The summed E-state index contributed by atoms with van der Waals surface area (Å²) < 4.78 is 25.4. The highest BCUT2D eigenvalue weighted by atomic mass is 32.2. The Morgan fingerprint density at radius 2 is 1.88 bits per heavy atom. The zero-order chi connectivity index (χ0) is 12.8. The highest BCUT2D eigenvalue weighted by molar-refractivity contribution is 7.89. The second kappa shape index (κ2) is 6.08. The van der Waals surface area contributed by atoms with Crippen molar-refractivity contribution in [2.45, 2.75) is 33.6 Å². The molecule has 0 aromatic heterocycles. The molecule has 5 nitrogen and oxygen atoms in total. The second-order valence-electron chi connectivity index (χ2n) is 5.01. The van der Waals surface area contributed by atoms with Crippen molar-refractivity contribution in [3.05, 3.63) is 0 Å². The molecule has 0 fully saturated rings. The molecule has 0 amide bonds. The van der Waals surface area contributed by atoms with Crippen LogP contribution in [0.25, 0.3) is 0 Å². The summed E-state index contributed by atoms with van der Waals surface area (Å²) in [7, 11) is -1.70. The summed E-state index contributed by atoms with van der Waals surface area (Å²) in [4.78, 5) is 0. The van der Waals surface area contributed by atoms with Crippen LogP contribution >= 0.6 is 0 Å². The monoisotopic (exact) mass is 249 g/mol. The van der Waals surface area contributed by atoms with E-state index >= 15 is 0 Å². The van der Waals surface area contributed by atoms with Gasteiger partial charge in [-0.3, -0.25) is 0 Å². The van der Waals surface area contributed by atoms with Gasteiger partial charge in [0.2, 0.25) is 5.96 Å². The quantitative estimate of drug-likeness (QED) is 0.442. The Morgan fingerprint density at radius 1 is 1.31 bits per heavy atom. The van der Waals surface area contributed by atoms with Crippen LogP contribution in [-0.2, 0) is 10.0 Å². The predicted molar refractivity (Wildman–Crippen MR) is 68.0 cm³/mol. The molecule has 0 aromatic carbocycles. The Labute approximate surface area is 98.8 Å². The Bertz CT molecular complexity index is 328. The molecular weight excluding hydrogens is 226 g/mol. The van der Waals surface area contributed by atoms with Crippen molar-refractivity contribution >= 4 is 16.0 Å². The van der Waals surface area contributed by atoms with E-state index in [4.69, 9.17) is 0 Å². The maximum Gasteiger partial charge on any atom is 0.253 e. The number of hydrogen-bond donors (Lipinski definition) is 2. The van der Waals surface area contributed by atoms with Crippen molar-refractivity contribution in [2.75, 3.05) is 19.8 Å². The van der Waals surface area contributed by atoms with E-state index in [-0.39, 0.29) is 0 Å². The van der Waals surface area contributed by atoms with Gasteiger partial charge in [-0.1, -0.05) is 20.8 Å². The first-order valence-corrected chi connectivity index (χ1v) is 7.20. The summed E-state index contributed by atoms with van der Waals surface area (Å²) in [5, 5.41) is 5.67. The highest BCUT2D eigenvalue weighted by Gasteiger charge is 2.09. The standard InChI is InChI=1S/C10H23N3O2S/c1-10(2,3)7-6-8-12-9(11-4)13-16(5,14)15/h6-8H2,1-5H3,(H2,11,12,13). The maximum atomic E-state index is 10.9. The van der Waals surface area contributed by atoms with Crippen LogP contribution in [-0.4, -0.2) is 34.2 Å². The molecule has 16 heavy (non-hydrogen) atoms. The van der Waals surface area contributed by atoms with Crippen molar-refractivity contribution in [3.8, 4) is 0 Å². The highest BCUT2D eigenvalue weighted by Crippen LogP contribution is 2.19. The van der Waals surface area contributed by atoms with E-state index in [2.05, 4.69) is 35.8 Å². The lowest BCUT2D eigenvalue weighted by atomic mass is 9.91. The molecule has 0 heterocycles. The minimum atomic E-state index is -3.34. The van der Waals surface area contributed by atoms with E-state index < -0.39 is 10.0 Å². The first-order valence-electron chi connectivity index (χ1n) is 5.35. The van der Waals surface area contributed by atoms with E-state index in [0.717, 1.165) is 19.1 Å². The number of hydrogen-bond acceptors (Lipinski definition) is 2. The molecule has 96 valence electrons. The van der Waals surface area contributed by atoms with E-state index in [9.17, 15) is 8.42 Å². The van der Waals surface area contributed by atoms with Crippen LogP contribution in [0.15, 0.2) is 4.40 Å². The summed E-state index contributed by atoms with van der Waals surface area (Å²) in [5.41, 5.74) is 0.301. The number of sulfonamides is 1. The molecule has 0 spiro atoms. The summed E-state index contributed by atoms with van der Waals surface area (Å²) in [6.45, 7) is 7.25. The molecule has 0 rings (SSSR count). The lowest BCUT2D eigenvalue weighted by Crippen LogP contribution is -2.36. The number of nitrogens with zero attached hydrogens (tertiary/aromatic N) is 1. The average molecular weight is 249 g/mol. The van der Waals surface area contributed by atoms with E-state index in [1.165, 1.54) is 0 Å². The Balaban J connectivity index is 4.04. The minimum absolute atomic E-state index is 0.301. The van der Waals surface area contributed by atoms with Crippen LogP contribution in [0.1, 0.15) is 33.6 Å². The Morgan fingerprint density at radius 3 is 2.25 bits per heavy atom. The molecule has 0 unspecified atom stereocenters. The molecule has 0 saturated heterocycles. The van der Waals surface area contributed by atoms with Gasteiger partial charge in [-0.2, -0.15) is 0 Å². The van der Waals surface area contributed by atoms with Crippen molar-refractivity contribution in [3.63, 3.8) is 0 Å². The SMILES string of the molecule is CN/C(=N\S(C)(=O)=O)NCCCC(C)(C)C. The fourth-order valence-electron chi connectivity index (χ4n) is 1.16. The van der Waals surface area contributed by atoms with Crippen molar-refractivity contribution in [1.29, 1.82) is 0 Å². The van der Waals surface area contributed by atoms with Gasteiger partial charge < -0.3 is 10.6 Å². The van der Waals surface area contributed by atoms with Gasteiger partial charge in [-0.25, -0.2) is 8.42 Å². The number of guanidine groups is 1. The van der Waals surface area contributed by atoms with Crippen LogP contribution in [0.4, 0.5) is 0 Å².